The van der Waals surface area contributed by atoms with Crippen LogP contribution in [-0.4, -0.2) is 61.9 Å². The minimum Gasteiger partial charge on any atom is -0.496 e. The molecule has 9 heteroatoms. The number of methoxy groups -OCH3 is 1. The third kappa shape index (κ3) is 5.70. The first kappa shape index (κ1) is 20.2. The molecule has 0 aromatic heterocycles. The molecule has 146 valence electrons. The number of benzene rings is 1. The molecule has 9 nitrogen and oxygen atoms in total. The van der Waals surface area contributed by atoms with E-state index in [0.29, 0.717) is 25.1 Å². The Hall–Kier alpha value is -3.10. The zero-order valence-electron chi connectivity index (χ0n) is 15.1. The fourth-order valence-corrected chi connectivity index (χ4v) is 2.80. The number of hydrogen-bond donors (Lipinski definition) is 2. The quantitative estimate of drug-likeness (QED) is 0.628. The van der Waals surface area contributed by atoms with Gasteiger partial charge in [-0.3, -0.25) is 19.2 Å². The van der Waals surface area contributed by atoms with E-state index in [0.717, 1.165) is 0 Å². The van der Waals surface area contributed by atoms with Crippen molar-refractivity contribution in [2.24, 2.45) is 11.7 Å². The minimum atomic E-state index is -0.741. The predicted octanol–water partition coefficient (Wildman–Crippen LogP) is -0.308. The summed E-state index contributed by atoms with van der Waals surface area (Å²) >= 11 is 0. The van der Waals surface area contributed by atoms with E-state index in [1.165, 1.54) is 12.0 Å². The highest BCUT2D eigenvalue weighted by atomic mass is 16.5. The predicted molar refractivity (Wildman–Crippen MR) is 94.8 cm³/mol. The maximum absolute atomic E-state index is 12.1. The molecule has 1 aliphatic heterocycles. The van der Waals surface area contributed by atoms with Gasteiger partial charge in [-0.1, -0.05) is 12.1 Å². The van der Waals surface area contributed by atoms with Crippen LogP contribution in [0.1, 0.15) is 23.2 Å². The van der Waals surface area contributed by atoms with Crippen LogP contribution >= 0.6 is 0 Å². The van der Waals surface area contributed by atoms with Crippen LogP contribution in [0.15, 0.2) is 24.3 Å². The number of rotatable bonds is 7. The van der Waals surface area contributed by atoms with Crippen molar-refractivity contribution in [2.75, 3.05) is 33.4 Å². The van der Waals surface area contributed by atoms with Crippen molar-refractivity contribution in [3.63, 3.8) is 0 Å². The Bertz CT molecular complexity index is 721. The molecule has 1 heterocycles. The van der Waals surface area contributed by atoms with Gasteiger partial charge in [-0.2, -0.15) is 0 Å². The van der Waals surface area contributed by atoms with Gasteiger partial charge in [0.25, 0.3) is 11.8 Å². The van der Waals surface area contributed by atoms with E-state index in [1.54, 1.807) is 24.3 Å². The average molecular weight is 377 g/mol. The number of nitrogens with two attached hydrogens (primary N) is 1. The summed E-state index contributed by atoms with van der Waals surface area (Å²) in [5.41, 5.74) is 5.56. The van der Waals surface area contributed by atoms with Crippen molar-refractivity contribution in [3.05, 3.63) is 29.8 Å². The van der Waals surface area contributed by atoms with Gasteiger partial charge >= 0.3 is 5.97 Å². The highest BCUT2D eigenvalue weighted by Gasteiger charge is 2.27. The van der Waals surface area contributed by atoms with Crippen LogP contribution in [0.4, 0.5) is 0 Å². The van der Waals surface area contributed by atoms with E-state index in [9.17, 15) is 19.2 Å². The first-order valence-corrected chi connectivity index (χ1v) is 8.56. The zero-order valence-corrected chi connectivity index (χ0v) is 15.1. The van der Waals surface area contributed by atoms with E-state index in [1.807, 2.05) is 0 Å². The fourth-order valence-electron chi connectivity index (χ4n) is 2.80. The molecule has 1 saturated heterocycles. The van der Waals surface area contributed by atoms with Gasteiger partial charge < -0.3 is 25.4 Å². The van der Waals surface area contributed by atoms with E-state index < -0.39 is 30.3 Å². The van der Waals surface area contributed by atoms with Gasteiger partial charge in [0.2, 0.25) is 5.91 Å². The van der Waals surface area contributed by atoms with Crippen LogP contribution in [0.5, 0.6) is 5.75 Å². The van der Waals surface area contributed by atoms with Gasteiger partial charge in [0.15, 0.2) is 6.61 Å². The van der Waals surface area contributed by atoms with Crippen LogP contribution in [0.25, 0.3) is 0 Å². The van der Waals surface area contributed by atoms with Crippen molar-refractivity contribution in [1.29, 1.82) is 0 Å². The Morgan fingerprint density at radius 1 is 1.26 bits per heavy atom. The molecule has 1 aromatic rings. The van der Waals surface area contributed by atoms with E-state index in [4.69, 9.17) is 15.2 Å². The number of nitrogens with zero attached hydrogens (tertiary/aromatic N) is 1. The monoisotopic (exact) mass is 377 g/mol. The summed E-state index contributed by atoms with van der Waals surface area (Å²) in [5.74, 6) is -2.06. The Labute approximate surface area is 156 Å². The van der Waals surface area contributed by atoms with Crippen LogP contribution in [0, 0.1) is 5.92 Å². The van der Waals surface area contributed by atoms with Gasteiger partial charge in [-0.25, -0.2) is 0 Å². The maximum atomic E-state index is 12.1. The highest BCUT2D eigenvalue weighted by molar-refractivity contribution is 5.98. The second-order valence-corrected chi connectivity index (χ2v) is 6.12. The summed E-state index contributed by atoms with van der Waals surface area (Å²) in [7, 11) is 1.44. The third-order valence-corrected chi connectivity index (χ3v) is 4.28. The first-order valence-electron chi connectivity index (χ1n) is 8.56. The Balaban J connectivity index is 1.76. The molecule has 1 fully saturated rings. The number of para-hydroxylation sites is 1. The van der Waals surface area contributed by atoms with Gasteiger partial charge in [-0.15, -0.1) is 0 Å². The summed E-state index contributed by atoms with van der Waals surface area (Å²) in [6.45, 7) is -0.107. The summed E-state index contributed by atoms with van der Waals surface area (Å²) in [6, 6.07) is 6.59. The molecule has 0 saturated carbocycles. The second-order valence-electron chi connectivity index (χ2n) is 6.12. The normalized spacial score (nSPS) is 16.3. The summed E-state index contributed by atoms with van der Waals surface area (Å²) in [4.78, 5) is 48.7. The molecule has 0 spiro atoms. The Morgan fingerprint density at radius 3 is 2.70 bits per heavy atom. The number of primary amides is 1. The molecule has 0 radical (unpaired) electrons. The number of hydrogen-bond acceptors (Lipinski definition) is 6. The van der Waals surface area contributed by atoms with E-state index in [-0.39, 0.29) is 24.6 Å². The number of carbonyl (C=O) groups excluding carboxylic acids is 4. The molecular weight excluding hydrogens is 354 g/mol. The van der Waals surface area contributed by atoms with Crippen LogP contribution in [0.3, 0.4) is 0 Å². The molecule has 3 amide bonds. The van der Waals surface area contributed by atoms with Gasteiger partial charge in [-0.05, 0) is 25.0 Å². The molecule has 0 bridgehead atoms. The molecular formula is C18H23N3O6. The lowest BCUT2D eigenvalue weighted by molar-refractivity contribution is -0.152. The number of likely N-dealkylation sites (tertiary alicyclic amines) is 1. The Kier molecular flexibility index (Phi) is 7.16. The van der Waals surface area contributed by atoms with Crippen LogP contribution < -0.4 is 15.8 Å². The second kappa shape index (κ2) is 9.56. The van der Waals surface area contributed by atoms with Crippen molar-refractivity contribution in [2.45, 2.75) is 12.8 Å². The van der Waals surface area contributed by atoms with Crippen molar-refractivity contribution >= 4 is 23.7 Å². The smallest absolute Gasteiger partial charge is 0.325 e. The topological polar surface area (TPSA) is 128 Å². The van der Waals surface area contributed by atoms with E-state index in [2.05, 4.69) is 5.32 Å². The summed E-state index contributed by atoms with van der Waals surface area (Å²) in [6.07, 6.45) is 1.32. The molecule has 1 atom stereocenters. The number of piperidine rings is 1. The molecule has 0 aliphatic carbocycles. The summed E-state index contributed by atoms with van der Waals surface area (Å²) < 4.78 is 9.99. The largest absolute Gasteiger partial charge is 0.496 e. The number of nitrogens with one attached hydrogen (secondary N) is 1. The zero-order chi connectivity index (χ0) is 19.8. The van der Waals surface area contributed by atoms with Crippen LogP contribution in [-0.2, 0) is 19.1 Å². The van der Waals surface area contributed by atoms with Crippen molar-refractivity contribution < 1.29 is 28.7 Å². The van der Waals surface area contributed by atoms with Crippen molar-refractivity contribution in [1.82, 2.24) is 10.2 Å². The lowest BCUT2D eigenvalue weighted by atomic mass is 9.97. The molecule has 3 N–H and O–H groups in total. The van der Waals surface area contributed by atoms with Gasteiger partial charge in [0.1, 0.15) is 12.3 Å². The Morgan fingerprint density at radius 2 is 2.00 bits per heavy atom. The molecule has 1 aliphatic rings. The lowest BCUT2D eigenvalue weighted by Gasteiger charge is -2.31. The molecule has 27 heavy (non-hydrogen) atoms. The third-order valence-electron chi connectivity index (χ3n) is 4.28. The standard InChI is InChI=1S/C18H23N3O6/c1-26-14-7-3-2-6-13(14)18(25)20-9-16(23)27-11-15(22)21-8-4-5-12(10-21)17(19)24/h2-3,6-7,12H,4-5,8-11H2,1H3,(H2,19,24)(H,20,25)/t12-/m1/s1. The highest BCUT2D eigenvalue weighted by Crippen LogP contribution is 2.17. The summed E-state index contributed by atoms with van der Waals surface area (Å²) in [5, 5.41) is 2.42. The number of carbonyl (C=O) groups is 4. The van der Waals surface area contributed by atoms with Crippen molar-refractivity contribution in [3.8, 4) is 5.75 Å². The van der Waals surface area contributed by atoms with Crippen LogP contribution in [0.2, 0.25) is 0 Å². The van der Waals surface area contributed by atoms with Gasteiger partial charge in [0.05, 0.1) is 18.6 Å². The fraction of sp³-hybridized carbons (Fsp3) is 0.444. The molecule has 0 unspecified atom stereocenters. The minimum absolute atomic E-state index is 0.232. The SMILES string of the molecule is COc1ccccc1C(=O)NCC(=O)OCC(=O)N1CCC[C@@H](C(N)=O)C1. The molecule has 1 aromatic carbocycles. The first-order chi connectivity index (χ1) is 12.9. The van der Waals surface area contributed by atoms with Gasteiger partial charge in [0, 0.05) is 13.1 Å². The lowest BCUT2D eigenvalue weighted by Crippen LogP contribution is -2.45. The number of esters is 1. The maximum Gasteiger partial charge on any atom is 0.325 e. The number of amides is 3. The average Bonchev–Trinajstić information content (AvgIpc) is 2.70. The number of ether oxygens (including phenoxy) is 2. The van der Waals surface area contributed by atoms with E-state index >= 15 is 0 Å². The molecule has 2 rings (SSSR count).